The van der Waals surface area contributed by atoms with Crippen molar-refractivity contribution in [3.05, 3.63) is 64.9 Å². The largest absolute Gasteiger partial charge is 0.368 e. The molecule has 0 aliphatic heterocycles. The van der Waals surface area contributed by atoms with Gasteiger partial charge in [0.2, 0.25) is 5.91 Å². The van der Waals surface area contributed by atoms with Crippen molar-refractivity contribution in [2.24, 2.45) is 5.73 Å². The van der Waals surface area contributed by atoms with Gasteiger partial charge in [-0.15, -0.1) is 0 Å². The van der Waals surface area contributed by atoms with E-state index in [9.17, 15) is 9.59 Å². The molecule has 3 N–H and O–H groups in total. The number of rotatable bonds is 5. The predicted molar refractivity (Wildman–Crippen MR) is 79.8 cm³/mol. The summed E-state index contributed by atoms with van der Waals surface area (Å²) < 4.78 is 0. The topological polar surface area (TPSA) is 85.1 Å². The minimum Gasteiger partial charge on any atom is -0.368 e. The lowest BCUT2D eigenvalue weighted by Crippen LogP contribution is -2.45. The fourth-order valence-corrected chi connectivity index (χ4v) is 2.08. The van der Waals surface area contributed by atoms with E-state index in [-0.39, 0.29) is 12.3 Å². The first-order chi connectivity index (χ1) is 10.1. The highest BCUT2D eigenvalue weighted by atomic mass is 35.5. The van der Waals surface area contributed by atoms with Gasteiger partial charge in [-0.3, -0.25) is 14.6 Å². The van der Waals surface area contributed by atoms with Gasteiger partial charge in [0.15, 0.2) is 0 Å². The maximum absolute atomic E-state index is 12.0. The summed E-state index contributed by atoms with van der Waals surface area (Å²) in [4.78, 5) is 27.4. The molecule has 5 nitrogen and oxygen atoms in total. The van der Waals surface area contributed by atoms with Gasteiger partial charge in [-0.25, -0.2) is 0 Å². The molecule has 0 aliphatic carbocycles. The lowest BCUT2D eigenvalue weighted by molar-refractivity contribution is -0.119. The molecule has 0 saturated heterocycles. The highest BCUT2D eigenvalue weighted by Crippen LogP contribution is 2.12. The van der Waals surface area contributed by atoms with E-state index in [0.717, 1.165) is 5.56 Å². The zero-order chi connectivity index (χ0) is 15.2. The molecule has 1 atom stereocenters. The molecule has 2 aromatic rings. The van der Waals surface area contributed by atoms with Gasteiger partial charge in [-0.05, 0) is 29.8 Å². The van der Waals surface area contributed by atoms with Crippen LogP contribution in [-0.4, -0.2) is 22.8 Å². The Kier molecular flexibility index (Phi) is 4.90. The lowest BCUT2D eigenvalue weighted by atomic mass is 10.0. The van der Waals surface area contributed by atoms with Crippen LogP contribution < -0.4 is 11.1 Å². The van der Waals surface area contributed by atoms with Crippen molar-refractivity contribution in [1.29, 1.82) is 0 Å². The number of benzene rings is 1. The number of aromatic nitrogens is 1. The van der Waals surface area contributed by atoms with Crippen molar-refractivity contribution in [3.63, 3.8) is 0 Å². The smallest absolute Gasteiger partial charge is 0.252 e. The quantitative estimate of drug-likeness (QED) is 0.879. The maximum Gasteiger partial charge on any atom is 0.252 e. The Bertz CT molecular complexity index is 646. The number of primary amides is 1. The number of hydrogen-bond acceptors (Lipinski definition) is 3. The number of pyridine rings is 1. The van der Waals surface area contributed by atoms with Crippen LogP contribution in [0.4, 0.5) is 0 Å². The Balaban J connectivity index is 2.09. The van der Waals surface area contributed by atoms with E-state index in [1.54, 1.807) is 30.3 Å². The molecule has 1 aromatic heterocycles. The van der Waals surface area contributed by atoms with Crippen LogP contribution in [0.1, 0.15) is 15.9 Å². The monoisotopic (exact) mass is 303 g/mol. The van der Waals surface area contributed by atoms with Gasteiger partial charge >= 0.3 is 0 Å². The van der Waals surface area contributed by atoms with Crippen LogP contribution >= 0.6 is 11.6 Å². The minimum atomic E-state index is -0.802. The molecule has 2 rings (SSSR count). The standard InChI is InChI=1S/C15H14ClN3O2/c16-12-3-1-2-10(8-12)9-13(14(17)20)19-15(21)11-4-6-18-7-5-11/h1-8,13H,9H2,(H2,17,20)(H,19,21)/t13-/m0/s1. The van der Waals surface area contributed by atoms with E-state index in [4.69, 9.17) is 17.3 Å². The Morgan fingerprint density at radius 2 is 1.95 bits per heavy atom. The summed E-state index contributed by atoms with van der Waals surface area (Å²) in [6, 6.07) is 9.39. The average molecular weight is 304 g/mol. The third kappa shape index (κ3) is 4.29. The summed E-state index contributed by atoms with van der Waals surface area (Å²) in [5.41, 5.74) is 6.59. The molecule has 1 heterocycles. The molecule has 0 bridgehead atoms. The molecular weight excluding hydrogens is 290 g/mol. The first-order valence-electron chi connectivity index (χ1n) is 6.31. The van der Waals surface area contributed by atoms with E-state index in [1.165, 1.54) is 12.4 Å². The minimum absolute atomic E-state index is 0.284. The van der Waals surface area contributed by atoms with Gasteiger partial charge in [0.1, 0.15) is 6.04 Å². The number of carbonyl (C=O) groups excluding carboxylic acids is 2. The molecule has 1 aromatic carbocycles. The van der Waals surface area contributed by atoms with E-state index < -0.39 is 11.9 Å². The second kappa shape index (κ2) is 6.85. The summed E-state index contributed by atoms with van der Waals surface area (Å²) in [5.74, 6) is -0.972. The van der Waals surface area contributed by atoms with E-state index >= 15 is 0 Å². The van der Waals surface area contributed by atoms with Gasteiger partial charge < -0.3 is 11.1 Å². The van der Waals surface area contributed by atoms with Gasteiger partial charge in [0, 0.05) is 29.4 Å². The van der Waals surface area contributed by atoms with Crippen molar-refractivity contribution < 1.29 is 9.59 Å². The third-order valence-corrected chi connectivity index (χ3v) is 3.16. The Hall–Kier alpha value is -2.40. The van der Waals surface area contributed by atoms with Gasteiger partial charge in [-0.1, -0.05) is 23.7 Å². The zero-order valence-corrected chi connectivity index (χ0v) is 11.9. The molecular formula is C15H14ClN3O2. The van der Waals surface area contributed by atoms with Crippen molar-refractivity contribution in [1.82, 2.24) is 10.3 Å². The summed E-state index contributed by atoms with van der Waals surface area (Å²) in [7, 11) is 0. The van der Waals surface area contributed by atoms with Crippen LogP contribution in [0.25, 0.3) is 0 Å². The summed E-state index contributed by atoms with van der Waals surface area (Å²) in [6.07, 6.45) is 3.29. The van der Waals surface area contributed by atoms with E-state index in [0.29, 0.717) is 10.6 Å². The molecule has 0 unspecified atom stereocenters. The second-order valence-electron chi connectivity index (χ2n) is 4.50. The van der Waals surface area contributed by atoms with Crippen molar-refractivity contribution in [2.75, 3.05) is 0 Å². The number of nitrogens with zero attached hydrogens (tertiary/aromatic N) is 1. The first kappa shape index (κ1) is 15.0. The van der Waals surface area contributed by atoms with Crippen molar-refractivity contribution in [2.45, 2.75) is 12.5 Å². The molecule has 0 radical (unpaired) electrons. The normalized spacial score (nSPS) is 11.7. The summed E-state index contributed by atoms with van der Waals surface area (Å²) in [5, 5.41) is 3.18. The second-order valence-corrected chi connectivity index (χ2v) is 4.93. The average Bonchev–Trinajstić information content (AvgIpc) is 2.47. The van der Waals surface area contributed by atoms with Crippen LogP contribution in [0.2, 0.25) is 5.02 Å². The zero-order valence-electron chi connectivity index (χ0n) is 11.1. The lowest BCUT2D eigenvalue weighted by Gasteiger charge is -2.15. The van der Waals surface area contributed by atoms with Crippen LogP contribution in [0, 0.1) is 0 Å². The van der Waals surface area contributed by atoms with Crippen LogP contribution in [0.15, 0.2) is 48.8 Å². The first-order valence-corrected chi connectivity index (χ1v) is 6.68. The van der Waals surface area contributed by atoms with E-state index in [1.807, 2.05) is 6.07 Å². The number of nitrogens with one attached hydrogen (secondary N) is 1. The number of carbonyl (C=O) groups is 2. The SMILES string of the molecule is NC(=O)[C@H](Cc1cccc(Cl)c1)NC(=O)c1ccncc1. The molecule has 6 heteroatoms. The van der Waals surface area contributed by atoms with Crippen molar-refractivity contribution in [3.8, 4) is 0 Å². The van der Waals surface area contributed by atoms with Gasteiger partial charge in [-0.2, -0.15) is 0 Å². The number of halogens is 1. The molecule has 0 saturated carbocycles. The molecule has 0 aliphatic rings. The number of amides is 2. The number of hydrogen-bond donors (Lipinski definition) is 2. The third-order valence-electron chi connectivity index (χ3n) is 2.92. The highest BCUT2D eigenvalue weighted by Gasteiger charge is 2.19. The molecule has 0 spiro atoms. The molecule has 0 fully saturated rings. The Labute approximate surface area is 127 Å². The highest BCUT2D eigenvalue weighted by molar-refractivity contribution is 6.30. The van der Waals surface area contributed by atoms with Crippen molar-refractivity contribution >= 4 is 23.4 Å². The predicted octanol–water partition coefficient (Wildman–Crippen LogP) is 1.56. The van der Waals surface area contributed by atoms with E-state index in [2.05, 4.69) is 10.3 Å². The molecule has 108 valence electrons. The Morgan fingerprint density at radius 1 is 1.24 bits per heavy atom. The number of nitrogens with two attached hydrogens (primary N) is 1. The molecule has 21 heavy (non-hydrogen) atoms. The fourth-order valence-electron chi connectivity index (χ4n) is 1.87. The Morgan fingerprint density at radius 3 is 2.57 bits per heavy atom. The van der Waals surface area contributed by atoms with Crippen LogP contribution in [0.3, 0.4) is 0 Å². The fraction of sp³-hybridized carbons (Fsp3) is 0.133. The summed E-state index contributed by atoms with van der Waals surface area (Å²) >= 11 is 5.90. The maximum atomic E-state index is 12.0. The van der Waals surface area contributed by atoms with Gasteiger partial charge in [0.25, 0.3) is 5.91 Å². The van der Waals surface area contributed by atoms with Crippen LogP contribution in [0.5, 0.6) is 0 Å². The van der Waals surface area contributed by atoms with Crippen LogP contribution in [-0.2, 0) is 11.2 Å². The summed E-state index contributed by atoms with van der Waals surface area (Å²) in [6.45, 7) is 0. The van der Waals surface area contributed by atoms with Gasteiger partial charge in [0.05, 0.1) is 0 Å². The molecule has 2 amide bonds.